The van der Waals surface area contributed by atoms with E-state index in [9.17, 15) is 15.2 Å². The van der Waals surface area contributed by atoms with E-state index in [1.807, 2.05) is 0 Å². The Morgan fingerprint density at radius 1 is 1.56 bits per heavy atom. The van der Waals surface area contributed by atoms with Crippen molar-refractivity contribution >= 4 is 5.69 Å². The second-order valence-corrected chi connectivity index (χ2v) is 4.96. The van der Waals surface area contributed by atoms with Gasteiger partial charge in [-0.15, -0.1) is 0 Å². The van der Waals surface area contributed by atoms with Crippen LogP contribution in [0.4, 0.5) is 5.69 Å². The number of aliphatic hydroxyl groups is 1. The minimum absolute atomic E-state index is 0.0182. The molecule has 0 aromatic carbocycles. The molecule has 16 heavy (non-hydrogen) atoms. The lowest BCUT2D eigenvalue weighted by atomic mass is 9.92. The molecule has 86 valence electrons. The van der Waals surface area contributed by atoms with Gasteiger partial charge in [-0.05, 0) is 17.9 Å². The molecular weight excluding hydrogens is 208 g/mol. The molecule has 1 aliphatic carbocycles. The highest BCUT2D eigenvalue weighted by molar-refractivity contribution is 5.36. The monoisotopic (exact) mass is 222 g/mol. The van der Waals surface area contributed by atoms with Crippen molar-refractivity contribution in [2.45, 2.75) is 25.7 Å². The van der Waals surface area contributed by atoms with E-state index in [2.05, 4.69) is 18.8 Å². The second kappa shape index (κ2) is 3.25. The fourth-order valence-corrected chi connectivity index (χ4v) is 2.28. The van der Waals surface area contributed by atoms with Crippen molar-refractivity contribution < 1.29 is 10.0 Å². The average Bonchev–Trinajstić information content (AvgIpc) is 2.82. The molecule has 1 atom stereocenters. The molecular formula is C11H14N2O3. The molecule has 0 amide bonds. The zero-order valence-corrected chi connectivity index (χ0v) is 9.30. The third-order valence-corrected chi connectivity index (χ3v) is 3.63. The maximum absolute atomic E-state index is 10.5. The Bertz CT molecular complexity index is 427. The summed E-state index contributed by atoms with van der Waals surface area (Å²) in [7, 11) is 0. The molecule has 0 saturated heterocycles. The van der Waals surface area contributed by atoms with Crippen LogP contribution in [-0.4, -0.2) is 21.6 Å². The number of nitrogens with zero attached hydrogens (tertiary/aromatic N) is 2. The number of hydrogen-bond donors (Lipinski definition) is 1. The molecule has 0 radical (unpaired) electrons. The molecule has 1 aromatic heterocycles. The van der Waals surface area contributed by atoms with Crippen LogP contribution in [0.2, 0.25) is 0 Å². The molecule has 1 N–H and O–H groups in total. The SMILES string of the molecule is CC1(C)CC1(CO)c1ccc([N+](=O)[O-])cn1. The highest BCUT2D eigenvalue weighted by Crippen LogP contribution is 2.63. The van der Waals surface area contributed by atoms with Crippen molar-refractivity contribution in [1.82, 2.24) is 4.98 Å². The molecule has 0 spiro atoms. The van der Waals surface area contributed by atoms with Crippen LogP contribution in [0, 0.1) is 15.5 Å². The minimum atomic E-state index is -0.472. The van der Waals surface area contributed by atoms with Crippen LogP contribution in [0.15, 0.2) is 18.3 Å². The predicted octanol–water partition coefficient (Wildman–Crippen LogP) is 1.65. The van der Waals surface area contributed by atoms with E-state index in [1.165, 1.54) is 12.3 Å². The molecule has 1 unspecified atom stereocenters. The van der Waals surface area contributed by atoms with Crippen LogP contribution in [0.3, 0.4) is 0 Å². The standard InChI is InChI=1S/C11H14N2O3/c1-10(2)6-11(10,7-14)9-4-3-8(5-12-9)13(15)16/h3-5,14H,6-7H2,1-2H3. The zero-order valence-electron chi connectivity index (χ0n) is 9.30. The van der Waals surface area contributed by atoms with Crippen molar-refractivity contribution in [1.29, 1.82) is 0 Å². The Hall–Kier alpha value is -1.49. The van der Waals surface area contributed by atoms with Crippen LogP contribution in [-0.2, 0) is 5.41 Å². The summed E-state index contributed by atoms with van der Waals surface area (Å²) in [5, 5.41) is 19.9. The van der Waals surface area contributed by atoms with Gasteiger partial charge in [0, 0.05) is 17.2 Å². The minimum Gasteiger partial charge on any atom is -0.395 e. The van der Waals surface area contributed by atoms with E-state index in [-0.39, 0.29) is 23.1 Å². The summed E-state index contributed by atoms with van der Waals surface area (Å²) >= 11 is 0. The first-order valence-electron chi connectivity index (χ1n) is 5.15. The Morgan fingerprint density at radius 2 is 2.19 bits per heavy atom. The van der Waals surface area contributed by atoms with Crippen LogP contribution in [0.5, 0.6) is 0 Å². The number of nitro groups is 1. The van der Waals surface area contributed by atoms with E-state index in [4.69, 9.17) is 0 Å². The van der Waals surface area contributed by atoms with Gasteiger partial charge in [-0.2, -0.15) is 0 Å². The van der Waals surface area contributed by atoms with Gasteiger partial charge >= 0.3 is 0 Å². The van der Waals surface area contributed by atoms with Crippen LogP contribution < -0.4 is 0 Å². The Labute approximate surface area is 93.3 Å². The van der Waals surface area contributed by atoms with Gasteiger partial charge in [-0.1, -0.05) is 13.8 Å². The molecule has 0 aliphatic heterocycles. The Kier molecular flexibility index (Phi) is 2.24. The summed E-state index contributed by atoms with van der Waals surface area (Å²) in [6, 6.07) is 3.08. The first kappa shape index (κ1) is 11.0. The van der Waals surface area contributed by atoms with Crippen LogP contribution in [0.25, 0.3) is 0 Å². The number of hydrogen-bond acceptors (Lipinski definition) is 4. The first-order valence-corrected chi connectivity index (χ1v) is 5.15. The molecule has 1 aromatic rings. The maximum atomic E-state index is 10.5. The van der Waals surface area contributed by atoms with Crippen molar-refractivity contribution in [2.24, 2.45) is 5.41 Å². The van der Waals surface area contributed by atoms with Gasteiger partial charge in [0.15, 0.2) is 0 Å². The number of pyridine rings is 1. The lowest BCUT2D eigenvalue weighted by Gasteiger charge is -2.16. The van der Waals surface area contributed by atoms with E-state index >= 15 is 0 Å². The van der Waals surface area contributed by atoms with Gasteiger partial charge in [0.25, 0.3) is 5.69 Å². The molecule has 1 fully saturated rings. The summed E-state index contributed by atoms with van der Waals surface area (Å²) < 4.78 is 0. The smallest absolute Gasteiger partial charge is 0.287 e. The normalized spacial score (nSPS) is 26.4. The van der Waals surface area contributed by atoms with Crippen molar-refractivity contribution in [3.63, 3.8) is 0 Å². The number of aromatic nitrogens is 1. The molecule has 0 bridgehead atoms. The molecule has 5 nitrogen and oxygen atoms in total. The van der Waals surface area contributed by atoms with Gasteiger partial charge in [-0.3, -0.25) is 15.1 Å². The molecule has 1 heterocycles. The lowest BCUT2D eigenvalue weighted by molar-refractivity contribution is -0.385. The highest BCUT2D eigenvalue weighted by atomic mass is 16.6. The second-order valence-electron chi connectivity index (χ2n) is 4.96. The fourth-order valence-electron chi connectivity index (χ4n) is 2.28. The third-order valence-electron chi connectivity index (χ3n) is 3.63. The van der Waals surface area contributed by atoms with E-state index in [0.717, 1.165) is 12.1 Å². The van der Waals surface area contributed by atoms with Crippen molar-refractivity contribution in [3.05, 3.63) is 34.1 Å². The summed E-state index contributed by atoms with van der Waals surface area (Å²) in [4.78, 5) is 14.1. The highest BCUT2D eigenvalue weighted by Gasteiger charge is 2.62. The number of aliphatic hydroxyl groups excluding tert-OH is 1. The largest absolute Gasteiger partial charge is 0.395 e. The molecule has 1 saturated carbocycles. The van der Waals surface area contributed by atoms with Crippen LogP contribution >= 0.6 is 0 Å². The Balaban J connectivity index is 2.33. The zero-order chi connectivity index (χ0) is 12.0. The van der Waals surface area contributed by atoms with E-state index in [0.29, 0.717) is 0 Å². The van der Waals surface area contributed by atoms with E-state index in [1.54, 1.807) is 6.07 Å². The topological polar surface area (TPSA) is 76.3 Å². The van der Waals surface area contributed by atoms with Gasteiger partial charge < -0.3 is 5.11 Å². The van der Waals surface area contributed by atoms with Gasteiger partial charge in [-0.25, -0.2) is 0 Å². The van der Waals surface area contributed by atoms with E-state index < -0.39 is 4.92 Å². The molecule has 1 aliphatic rings. The van der Waals surface area contributed by atoms with Crippen molar-refractivity contribution in [3.8, 4) is 0 Å². The Morgan fingerprint density at radius 3 is 2.50 bits per heavy atom. The third kappa shape index (κ3) is 1.39. The first-order chi connectivity index (χ1) is 7.43. The summed E-state index contributed by atoms with van der Waals surface area (Å²) in [5.74, 6) is 0. The van der Waals surface area contributed by atoms with Crippen LogP contribution in [0.1, 0.15) is 26.0 Å². The predicted molar refractivity (Wildman–Crippen MR) is 58.1 cm³/mol. The van der Waals surface area contributed by atoms with Crippen molar-refractivity contribution in [2.75, 3.05) is 6.61 Å². The summed E-state index contributed by atoms with van der Waals surface area (Å²) in [5.41, 5.74) is 0.424. The van der Waals surface area contributed by atoms with Gasteiger partial charge in [0.2, 0.25) is 0 Å². The average molecular weight is 222 g/mol. The maximum Gasteiger partial charge on any atom is 0.287 e. The molecule has 2 rings (SSSR count). The lowest BCUT2D eigenvalue weighted by Crippen LogP contribution is -2.20. The summed E-state index contributed by atoms with van der Waals surface area (Å²) in [6.07, 6.45) is 2.11. The summed E-state index contributed by atoms with van der Waals surface area (Å²) in [6.45, 7) is 4.16. The van der Waals surface area contributed by atoms with Gasteiger partial charge in [0.1, 0.15) is 6.20 Å². The van der Waals surface area contributed by atoms with Gasteiger partial charge in [0.05, 0.1) is 11.5 Å². The number of rotatable bonds is 3. The molecule has 5 heteroatoms. The quantitative estimate of drug-likeness (QED) is 0.623. The fraction of sp³-hybridized carbons (Fsp3) is 0.545.